The van der Waals surface area contributed by atoms with E-state index in [1.165, 1.54) is 5.56 Å². The van der Waals surface area contributed by atoms with Crippen LogP contribution >= 0.6 is 0 Å². The van der Waals surface area contributed by atoms with Crippen molar-refractivity contribution in [3.8, 4) is 0 Å². The molecule has 0 aliphatic heterocycles. The van der Waals surface area contributed by atoms with Gasteiger partial charge < -0.3 is 9.73 Å². The van der Waals surface area contributed by atoms with Crippen molar-refractivity contribution in [1.82, 2.24) is 4.98 Å². The van der Waals surface area contributed by atoms with Gasteiger partial charge in [0.05, 0.1) is 0 Å². The standard InChI is InChI=1S/C11H12N2O/c1-3-6-12-11-13-9-7-8(2)4-5-10(9)14-11/h3-5,7H,1,6H2,2H3,(H,12,13). The van der Waals surface area contributed by atoms with Gasteiger partial charge in [-0.2, -0.15) is 4.98 Å². The van der Waals surface area contributed by atoms with Gasteiger partial charge in [0.2, 0.25) is 0 Å². The van der Waals surface area contributed by atoms with Crippen molar-refractivity contribution in [2.75, 3.05) is 11.9 Å². The average molecular weight is 188 g/mol. The Labute approximate surface area is 82.4 Å². The monoisotopic (exact) mass is 188 g/mol. The lowest BCUT2D eigenvalue weighted by Gasteiger charge is -1.92. The van der Waals surface area contributed by atoms with E-state index in [1.54, 1.807) is 6.08 Å². The van der Waals surface area contributed by atoms with Gasteiger partial charge in [0.1, 0.15) is 5.52 Å². The van der Waals surface area contributed by atoms with Crippen LogP contribution in [0.3, 0.4) is 0 Å². The minimum absolute atomic E-state index is 0.547. The van der Waals surface area contributed by atoms with Gasteiger partial charge in [0, 0.05) is 6.54 Å². The molecule has 3 heteroatoms. The smallest absolute Gasteiger partial charge is 0.295 e. The summed E-state index contributed by atoms with van der Waals surface area (Å²) in [4.78, 5) is 4.29. The molecule has 1 aromatic carbocycles. The van der Waals surface area contributed by atoms with Crippen LogP contribution in [0.15, 0.2) is 35.3 Å². The number of hydrogen-bond acceptors (Lipinski definition) is 3. The first-order valence-corrected chi connectivity index (χ1v) is 4.51. The molecule has 2 rings (SSSR count). The van der Waals surface area contributed by atoms with E-state index in [1.807, 2.05) is 25.1 Å². The molecule has 3 nitrogen and oxygen atoms in total. The highest BCUT2D eigenvalue weighted by Crippen LogP contribution is 2.19. The maximum atomic E-state index is 5.46. The molecule has 0 saturated carbocycles. The molecule has 72 valence electrons. The Kier molecular flexibility index (Phi) is 2.23. The highest BCUT2D eigenvalue weighted by Gasteiger charge is 2.03. The molecular weight excluding hydrogens is 176 g/mol. The van der Waals surface area contributed by atoms with Crippen LogP contribution in [0.5, 0.6) is 0 Å². The van der Waals surface area contributed by atoms with Crippen LogP contribution < -0.4 is 5.32 Å². The number of oxazole rings is 1. The largest absolute Gasteiger partial charge is 0.424 e. The quantitative estimate of drug-likeness (QED) is 0.752. The van der Waals surface area contributed by atoms with Gasteiger partial charge in [-0.25, -0.2) is 0 Å². The first-order chi connectivity index (χ1) is 6.79. The zero-order valence-corrected chi connectivity index (χ0v) is 8.08. The van der Waals surface area contributed by atoms with Crippen LogP contribution in [0.25, 0.3) is 11.1 Å². The number of fused-ring (bicyclic) bond motifs is 1. The molecule has 14 heavy (non-hydrogen) atoms. The van der Waals surface area contributed by atoms with Crippen LogP contribution in [-0.2, 0) is 0 Å². The van der Waals surface area contributed by atoms with E-state index in [4.69, 9.17) is 4.42 Å². The molecule has 0 spiro atoms. The van der Waals surface area contributed by atoms with Crippen LogP contribution in [-0.4, -0.2) is 11.5 Å². The Balaban J connectivity index is 2.36. The van der Waals surface area contributed by atoms with Crippen molar-refractivity contribution < 1.29 is 4.42 Å². The van der Waals surface area contributed by atoms with Gasteiger partial charge in [-0.3, -0.25) is 0 Å². The van der Waals surface area contributed by atoms with E-state index in [9.17, 15) is 0 Å². The molecule has 0 aliphatic rings. The van der Waals surface area contributed by atoms with E-state index in [0.29, 0.717) is 12.6 Å². The molecular formula is C11H12N2O. The Hall–Kier alpha value is -1.77. The number of nitrogens with one attached hydrogen (secondary N) is 1. The molecule has 1 aromatic heterocycles. The summed E-state index contributed by atoms with van der Waals surface area (Å²) in [7, 11) is 0. The maximum absolute atomic E-state index is 5.46. The van der Waals surface area contributed by atoms with Crippen molar-refractivity contribution in [3.63, 3.8) is 0 Å². The average Bonchev–Trinajstić information content (AvgIpc) is 2.56. The number of rotatable bonds is 3. The fraction of sp³-hybridized carbons (Fsp3) is 0.182. The van der Waals surface area contributed by atoms with Crippen molar-refractivity contribution in [3.05, 3.63) is 36.4 Å². The Bertz CT molecular complexity index is 459. The zero-order chi connectivity index (χ0) is 9.97. The number of nitrogens with zero attached hydrogens (tertiary/aromatic N) is 1. The summed E-state index contributed by atoms with van der Waals surface area (Å²) in [6, 6.07) is 6.48. The third-order valence-corrected chi connectivity index (χ3v) is 1.94. The van der Waals surface area contributed by atoms with E-state index in [-0.39, 0.29) is 0 Å². The third-order valence-electron chi connectivity index (χ3n) is 1.94. The Morgan fingerprint density at radius 3 is 3.21 bits per heavy atom. The number of hydrogen-bond donors (Lipinski definition) is 1. The fourth-order valence-electron chi connectivity index (χ4n) is 1.27. The first kappa shape index (κ1) is 8.81. The summed E-state index contributed by atoms with van der Waals surface area (Å²) < 4.78 is 5.46. The molecule has 2 aromatic rings. The molecule has 0 bridgehead atoms. The van der Waals surface area contributed by atoms with Crippen molar-refractivity contribution >= 4 is 17.1 Å². The van der Waals surface area contributed by atoms with Gasteiger partial charge >= 0.3 is 0 Å². The van der Waals surface area contributed by atoms with Gasteiger partial charge in [0.15, 0.2) is 5.58 Å². The van der Waals surface area contributed by atoms with Crippen LogP contribution in [0.2, 0.25) is 0 Å². The first-order valence-electron chi connectivity index (χ1n) is 4.51. The predicted molar refractivity (Wildman–Crippen MR) is 57.4 cm³/mol. The highest BCUT2D eigenvalue weighted by molar-refractivity contribution is 5.75. The van der Waals surface area contributed by atoms with E-state index < -0.39 is 0 Å². The maximum Gasteiger partial charge on any atom is 0.295 e. The zero-order valence-electron chi connectivity index (χ0n) is 8.08. The van der Waals surface area contributed by atoms with E-state index in [2.05, 4.69) is 16.9 Å². The molecule has 1 heterocycles. The summed E-state index contributed by atoms with van der Waals surface area (Å²) in [5, 5.41) is 3.01. The van der Waals surface area contributed by atoms with E-state index >= 15 is 0 Å². The topological polar surface area (TPSA) is 38.1 Å². The minimum atomic E-state index is 0.547. The normalized spacial score (nSPS) is 10.4. The number of aryl methyl sites for hydroxylation is 1. The molecule has 0 fully saturated rings. The fourth-order valence-corrected chi connectivity index (χ4v) is 1.27. The van der Waals surface area contributed by atoms with Gasteiger partial charge in [0.25, 0.3) is 6.01 Å². The van der Waals surface area contributed by atoms with Crippen LogP contribution in [0, 0.1) is 6.92 Å². The van der Waals surface area contributed by atoms with Gasteiger partial charge in [-0.05, 0) is 24.6 Å². The van der Waals surface area contributed by atoms with Crippen molar-refractivity contribution in [2.45, 2.75) is 6.92 Å². The van der Waals surface area contributed by atoms with Gasteiger partial charge in [-0.1, -0.05) is 12.1 Å². The molecule has 1 N–H and O–H groups in total. The second-order valence-corrected chi connectivity index (χ2v) is 3.16. The molecule has 0 atom stereocenters. The summed E-state index contributed by atoms with van der Waals surface area (Å²) >= 11 is 0. The summed E-state index contributed by atoms with van der Waals surface area (Å²) in [5.41, 5.74) is 2.87. The highest BCUT2D eigenvalue weighted by atomic mass is 16.4. The molecule has 0 unspecified atom stereocenters. The number of anilines is 1. The number of aromatic nitrogens is 1. The van der Waals surface area contributed by atoms with Gasteiger partial charge in [-0.15, -0.1) is 6.58 Å². The van der Waals surface area contributed by atoms with Crippen molar-refractivity contribution in [2.24, 2.45) is 0 Å². The SMILES string of the molecule is C=CCNc1nc2cc(C)ccc2o1. The predicted octanol–water partition coefficient (Wildman–Crippen LogP) is 2.73. The summed E-state index contributed by atoms with van der Waals surface area (Å²) in [6.07, 6.45) is 1.76. The molecule has 0 aliphatic carbocycles. The minimum Gasteiger partial charge on any atom is -0.424 e. The molecule has 0 radical (unpaired) electrons. The third kappa shape index (κ3) is 1.62. The van der Waals surface area contributed by atoms with E-state index in [0.717, 1.165) is 11.1 Å². The van der Waals surface area contributed by atoms with Crippen LogP contribution in [0.4, 0.5) is 6.01 Å². The summed E-state index contributed by atoms with van der Waals surface area (Å²) in [6.45, 7) is 6.30. The van der Waals surface area contributed by atoms with Crippen molar-refractivity contribution in [1.29, 1.82) is 0 Å². The second kappa shape index (κ2) is 3.54. The molecule has 0 saturated heterocycles. The summed E-state index contributed by atoms with van der Waals surface area (Å²) in [5.74, 6) is 0. The second-order valence-electron chi connectivity index (χ2n) is 3.16. The Morgan fingerprint density at radius 2 is 2.43 bits per heavy atom. The Morgan fingerprint density at radius 1 is 1.57 bits per heavy atom. The lowest BCUT2D eigenvalue weighted by atomic mass is 10.2. The molecule has 0 amide bonds. The lowest BCUT2D eigenvalue weighted by Crippen LogP contribution is -1.96. The van der Waals surface area contributed by atoms with Crippen LogP contribution in [0.1, 0.15) is 5.56 Å². The number of benzene rings is 1. The lowest BCUT2D eigenvalue weighted by molar-refractivity contribution is 0.618.